The zero-order valence-electron chi connectivity index (χ0n) is 13.6. The molecule has 1 aliphatic heterocycles. The molecule has 8 heteroatoms. The molecule has 0 aliphatic carbocycles. The van der Waals surface area contributed by atoms with Crippen LogP contribution in [0.25, 0.3) is 0 Å². The number of benzene rings is 1. The normalized spacial score (nSPS) is 21.8. The molecule has 136 valence electrons. The molecule has 1 aromatic carbocycles. The topological polar surface area (TPSA) is 52.1 Å². The molecule has 0 unspecified atom stereocenters. The van der Waals surface area contributed by atoms with Gasteiger partial charge < -0.3 is 5.11 Å². The summed E-state index contributed by atoms with van der Waals surface area (Å²) in [7, 11) is 0. The van der Waals surface area contributed by atoms with Crippen molar-refractivity contribution in [2.75, 3.05) is 13.1 Å². The molecule has 2 aromatic rings. The van der Waals surface area contributed by atoms with Crippen LogP contribution >= 0.6 is 0 Å². The fraction of sp³-hybridized carbons (Fsp3) is 0.471. The van der Waals surface area contributed by atoms with Crippen LogP contribution in [-0.2, 0) is 19.1 Å². The molecule has 2 atom stereocenters. The number of halogens is 4. The van der Waals surface area contributed by atoms with E-state index in [0.29, 0.717) is 31.6 Å². The number of H-pyrrole nitrogens is 1. The molecule has 0 spiro atoms. The summed E-state index contributed by atoms with van der Waals surface area (Å²) in [6.45, 7) is 3.17. The molecule has 1 aromatic heterocycles. The van der Waals surface area contributed by atoms with E-state index in [1.807, 2.05) is 17.9 Å². The van der Waals surface area contributed by atoms with Crippen molar-refractivity contribution in [3.63, 3.8) is 0 Å². The maximum atomic E-state index is 13.7. The molecule has 4 nitrogen and oxygen atoms in total. The number of rotatable bonds is 4. The van der Waals surface area contributed by atoms with Crippen LogP contribution in [0.3, 0.4) is 0 Å². The van der Waals surface area contributed by atoms with Gasteiger partial charge in [0.05, 0.1) is 17.4 Å². The number of hydrogen-bond donors (Lipinski definition) is 2. The van der Waals surface area contributed by atoms with E-state index in [2.05, 4.69) is 10.2 Å². The molecular formula is C17H19F4N3O. The molecule has 0 bridgehead atoms. The fourth-order valence-electron chi connectivity index (χ4n) is 3.26. The number of nitrogens with one attached hydrogen (secondary N) is 1. The summed E-state index contributed by atoms with van der Waals surface area (Å²) in [5.74, 6) is -1.28. The Kier molecular flexibility index (Phi) is 4.83. The molecule has 1 fully saturated rings. The minimum atomic E-state index is -4.70. The lowest BCUT2D eigenvalue weighted by Crippen LogP contribution is -2.21. The van der Waals surface area contributed by atoms with Crippen molar-refractivity contribution in [1.29, 1.82) is 0 Å². The Hall–Kier alpha value is -1.93. The monoisotopic (exact) mass is 357 g/mol. The van der Waals surface area contributed by atoms with Crippen LogP contribution in [-0.4, -0.2) is 39.4 Å². The Morgan fingerprint density at radius 3 is 2.64 bits per heavy atom. The van der Waals surface area contributed by atoms with E-state index in [0.717, 1.165) is 23.5 Å². The van der Waals surface area contributed by atoms with Gasteiger partial charge in [-0.15, -0.1) is 0 Å². The van der Waals surface area contributed by atoms with Crippen LogP contribution in [0.15, 0.2) is 24.3 Å². The number of nitrogens with zero attached hydrogens (tertiary/aromatic N) is 2. The smallest absolute Gasteiger partial charge is 0.391 e. The second-order valence-corrected chi connectivity index (χ2v) is 6.58. The molecule has 1 aliphatic rings. The third-order valence-corrected chi connectivity index (χ3v) is 4.46. The third kappa shape index (κ3) is 4.19. The van der Waals surface area contributed by atoms with Crippen molar-refractivity contribution in [3.05, 3.63) is 52.6 Å². The van der Waals surface area contributed by atoms with Gasteiger partial charge in [-0.1, -0.05) is 6.07 Å². The molecule has 3 rings (SSSR count). The first-order valence-corrected chi connectivity index (χ1v) is 7.99. The van der Waals surface area contributed by atoms with Crippen molar-refractivity contribution in [2.45, 2.75) is 32.2 Å². The maximum Gasteiger partial charge on any atom is 0.419 e. The van der Waals surface area contributed by atoms with Crippen LogP contribution < -0.4 is 0 Å². The number of aliphatic hydroxyl groups excluding tert-OH is 1. The van der Waals surface area contributed by atoms with Crippen LogP contribution in [0.4, 0.5) is 17.6 Å². The van der Waals surface area contributed by atoms with Crippen LogP contribution in [0.5, 0.6) is 0 Å². The number of aromatic nitrogens is 2. The summed E-state index contributed by atoms with van der Waals surface area (Å²) in [5.41, 5.74) is 1.00. The quantitative estimate of drug-likeness (QED) is 0.828. The lowest BCUT2D eigenvalue weighted by molar-refractivity contribution is -0.140. The van der Waals surface area contributed by atoms with Crippen molar-refractivity contribution in [1.82, 2.24) is 15.1 Å². The summed E-state index contributed by atoms with van der Waals surface area (Å²) in [4.78, 5) is 1.91. The molecule has 0 amide bonds. The average Bonchev–Trinajstić information content (AvgIpc) is 3.04. The molecule has 2 N–H and O–H groups in total. The SMILES string of the molecule is Cc1cc(C[C@@H]2CN(Cc3ccc(C(F)(F)F)c(F)c3)C[C@H]2O)n[nH]1. The second-order valence-electron chi connectivity index (χ2n) is 6.58. The maximum absolute atomic E-state index is 13.7. The standard InChI is InChI=1S/C17H19F4N3O/c1-10-4-13(23-22-10)6-12-8-24(9-16(12)25)7-11-2-3-14(15(18)5-11)17(19,20)21/h2-5,12,16,25H,6-9H2,1H3,(H,22,23)/t12-,16-/m1/s1. The number of aliphatic hydroxyl groups is 1. The van der Waals surface area contributed by atoms with Gasteiger partial charge in [0.25, 0.3) is 0 Å². The lowest BCUT2D eigenvalue weighted by Gasteiger charge is -2.16. The summed E-state index contributed by atoms with van der Waals surface area (Å²) in [6, 6.07) is 4.88. The van der Waals surface area contributed by atoms with E-state index >= 15 is 0 Å². The predicted molar refractivity (Wildman–Crippen MR) is 83.2 cm³/mol. The van der Waals surface area contributed by atoms with E-state index in [9.17, 15) is 22.7 Å². The molecular weight excluding hydrogens is 338 g/mol. The summed E-state index contributed by atoms with van der Waals surface area (Å²) in [6.07, 6.45) is -4.63. The Bertz CT molecular complexity index is 744. The Morgan fingerprint density at radius 1 is 1.28 bits per heavy atom. The van der Waals surface area contributed by atoms with Gasteiger partial charge >= 0.3 is 6.18 Å². The minimum absolute atomic E-state index is 0.0120. The van der Waals surface area contributed by atoms with Crippen LogP contribution in [0.1, 0.15) is 22.5 Å². The van der Waals surface area contributed by atoms with Crippen LogP contribution in [0.2, 0.25) is 0 Å². The zero-order chi connectivity index (χ0) is 18.2. The van der Waals surface area contributed by atoms with E-state index < -0.39 is 23.7 Å². The van der Waals surface area contributed by atoms with Gasteiger partial charge in [0.2, 0.25) is 0 Å². The largest absolute Gasteiger partial charge is 0.419 e. The number of aromatic amines is 1. The Labute approximate surface area is 142 Å². The van der Waals surface area contributed by atoms with E-state index in [-0.39, 0.29) is 5.92 Å². The van der Waals surface area contributed by atoms with Crippen molar-refractivity contribution < 1.29 is 22.7 Å². The number of likely N-dealkylation sites (tertiary alicyclic amines) is 1. The van der Waals surface area contributed by atoms with E-state index in [1.165, 1.54) is 6.07 Å². The highest BCUT2D eigenvalue weighted by molar-refractivity contribution is 5.26. The summed E-state index contributed by atoms with van der Waals surface area (Å²) in [5, 5.41) is 17.2. The summed E-state index contributed by atoms with van der Waals surface area (Å²) < 4.78 is 51.5. The van der Waals surface area contributed by atoms with Gasteiger partial charge in [-0.25, -0.2) is 4.39 Å². The van der Waals surface area contributed by atoms with E-state index in [1.54, 1.807) is 0 Å². The van der Waals surface area contributed by atoms with Gasteiger partial charge in [0.1, 0.15) is 5.82 Å². The number of aryl methyl sites for hydroxylation is 1. The average molecular weight is 357 g/mol. The summed E-state index contributed by atoms with van der Waals surface area (Å²) >= 11 is 0. The predicted octanol–water partition coefficient (Wildman–Crippen LogP) is 2.91. The molecule has 25 heavy (non-hydrogen) atoms. The Balaban J connectivity index is 1.63. The van der Waals surface area contributed by atoms with Crippen molar-refractivity contribution >= 4 is 0 Å². The van der Waals surface area contributed by atoms with Crippen molar-refractivity contribution in [3.8, 4) is 0 Å². The Morgan fingerprint density at radius 2 is 2.04 bits per heavy atom. The molecule has 2 heterocycles. The second kappa shape index (κ2) is 6.76. The number of hydrogen-bond acceptors (Lipinski definition) is 3. The number of β-amino-alcohol motifs (C(OH)–C–C–N with tert-alkyl or cyclic N) is 1. The highest BCUT2D eigenvalue weighted by atomic mass is 19.4. The number of alkyl halides is 3. The van der Waals surface area contributed by atoms with E-state index in [4.69, 9.17) is 0 Å². The lowest BCUT2D eigenvalue weighted by atomic mass is 10.0. The van der Waals surface area contributed by atoms with Gasteiger partial charge in [-0.3, -0.25) is 10.00 Å². The van der Waals surface area contributed by atoms with Gasteiger partial charge in [0.15, 0.2) is 0 Å². The van der Waals surface area contributed by atoms with Gasteiger partial charge in [0, 0.05) is 31.2 Å². The first-order valence-electron chi connectivity index (χ1n) is 7.99. The van der Waals surface area contributed by atoms with Crippen LogP contribution in [0, 0.1) is 18.7 Å². The fourth-order valence-corrected chi connectivity index (χ4v) is 3.26. The highest BCUT2D eigenvalue weighted by Gasteiger charge is 2.35. The molecule has 0 radical (unpaired) electrons. The zero-order valence-corrected chi connectivity index (χ0v) is 13.6. The van der Waals surface area contributed by atoms with Gasteiger partial charge in [-0.2, -0.15) is 18.3 Å². The first-order chi connectivity index (χ1) is 11.7. The molecule has 1 saturated heterocycles. The third-order valence-electron chi connectivity index (χ3n) is 4.46. The molecule has 0 saturated carbocycles. The first kappa shape index (κ1) is 17.9. The van der Waals surface area contributed by atoms with Crippen molar-refractivity contribution in [2.24, 2.45) is 5.92 Å². The van der Waals surface area contributed by atoms with Gasteiger partial charge in [-0.05, 0) is 37.1 Å². The minimum Gasteiger partial charge on any atom is -0.391 e. The highest BCUT2D eigenvalue weighted by Crippen LogP contribution is 2.32.